The van der Waals surface area contributed by atoms with Gasteiger partial charge >= 0.3 is 0 Å². The Morgan fingerprint density at radius 1 is 1.29 bits per heavy atom. The van der Waals surface area contributed by atoms with E-state index in [1.807, 2.05) is 31.1 Å². The van der Waals surface area contributed by atoms with E-state index in [-0.39, 0.29) is 18.1 Å². The number of carbonyl (C=O) groups is 1. The second kappa shape index (κ2) is 7.05. The minimum atomic E-state index is -0.0400. The molecule has 0 spiro atoms. The molecule has 0 aromatic heterocycles. The normalized spacial score (nSPS) is 22.3. The van der Waals surface area contributed by atoms with E-state index in [2.05, 4.69) is 36.2 Å². The van der Waals surface area contributed by atoms with Gasteiger partial charge in [-0.25, -0.2) is 0 Å². The molecule has 0 saturated carbocycles. The largest absolute Gasteiger partial charge is 0.320 e. The number of hydrogen-bond donors (Lipinski definition) is 1. The third-order valence-electron chi connectivity index (χ3n) is 4.10. The van der Waals surface area contributed by atoms with Gasteiger partial charge in [0.25, 0.3) is 0 Å². The summed E-state index contributed by atoms with van der Waals surface area (Å²) in [5.74, 6) is 0.243. The van der Waals surface area contributed by atoms with Gasteiger partial charge in [0, 0.05) is 13.1 Å². The molecule has 4 heteroatoms. The summed E-state index contributed by atoms with van der Waals surface area (Å²) in [6.07, 6.45) is 1.93. The summed E-state index contributed by atoms with van der Waals surface area (Å²) in [7, 11) is 4.08. The van der Waals surface area contributed by atoms with Crippen molar-refractivity contribution in [2.75, 3.05) is 27.2 Å². The molecule has 2 rings (SSSR count). The van der Waals surface area contributed by atoms with Crippen molar-refractivity contribution in [2.45, 2.75) is 38.9 Å². The average molecular weight is 289 g/mol. The van der Waals surface area contributed by atoms with Crippen LogP contribution < -0.4 is 5.32 Å². The van der Waals surface area contributed by atoms with Crippen molar-refractivity contribution in [3.8, 4) is 0 Å². The third-order valence-corrected chi connectivity index (χ3v) is 4.10. The fourth-order valence-electron chi connectivity index (χ4n) is 2.87. The van der Waals surface area contributed by atoms with Crippen LogP contribution in [-0.4, -0.2) is 48.9 Å². The first-order valence-corrected chi connectivity index (χ1v) is 7.81. The smallest absolute Gasteiger partial charge is 0.241 e. The topological polar surface area (TPSA) is 35.6 Å². The van der Waals surface area contributed by atoms with Crippen LogP contribution in [-0.2, 0) is 4.79 Å². The molecule has 1 aromatic carbocycles. The van der Waals surface area contributed by atoms with Gasteiger partial charge < -0.3 is 9.80 Å². The fraction of sp³-hybridized carbons (Fsp3) is 0.588. The molecule has 1 N–H and O–H groups in total. The molecule has 0 bridgehead atoms. The highest BCUT2D eigenvalue weighted by atomic mass is 16.2. The van der Waals surface area contributed by atoms with Crippen molar-refractivity contribution in [3.63, 3.8) is 0 Å². The molecular weight excluding hydrogens is 262 g/mol. The molecule has 1 amide bonds. The predicted octanol–water partition coefficient (Wildman–Crippen LogP) is 2.16. The van der Waals surface area contributed by atoms with Crippen molar-refractivity contribution >= 4 is 5.91 Å². The number of likely N-dealkylation sites (N-methyl/N-ethyl adjacent to an activating group) is 1. The van der Waals surface area contributed by atoms with Gasteiger partial charge in [0.15, 0.2) is 0 Å². The zero-order valence-electron chi connectivity index (χ0n) is 13.6. The van der Waals surface area contributed by atoms with E-state index in [1.165, 1.54) is 11.1 Å². The molecule has 1 aliphatic rings. The number of nitrogens with one attached hydrogen (secondary N) is 1. The maximum atomic E-state index is 12.6. The van der Waals surface area contributed by atoms with Gasteiger partial charge in [-0.05, 0) is 38.6 Å². The van der Waals surface area contributed by atoms with Crippen LogP contribution in [0.1, 0.15) is 37.1 Å². The van der Waals surface area contributed by atoms with E-state index < -0.39 is 0 Å². The van der Waals surface area contributed by atoms with Crippen LogP contribution in [0.4, 0.5) is 0 Å². The summed E-state index contributed by atoms with van der Waals surface area (Å²) in [6.45, 7) is 5.88. The van der Waals surface area contributed by atoms with Crippen LogP contribution in [0.5, 0.6) is 0 Å². The van der Waals surface area contributed by atoms with Gasteiger partial charge in [-0.1, -0.05) is 37.6 Å². The first kappa shape index (κ1) is 16.0. The Hall–Kier alpha value is -1.39. The molecular formula is C17H27N3O. The average Bonchev–Trinajstić information content (AvgIpc) is 2.74. The Labute approximate surface area is 128 Å². The zero-order chi connectivity index (χ0) is 15.4. The molecule has 2 unspecified atom stereocenters. The molecule has 0 aliphatic carbocycles. The number of benzene rings is 1. The maximum Gasteiger partial charge on any atom is 0.241 e. The quantitative estimate of drug-likeness (QED) is 0.871. The van der Waals surface area contributed by atoms with E-state index in [4.69, 9.17) is 0 Å². The molecule has 0 radical (unpaired) electrons. The minimum Gasteiger partial charge on any atom is -0.320 e. The van der Waals surface area contributed by atoms with E-state index in [1.54, 1.807) is 0 Å². The molecule has 1 fully saturated rings. The highest BCUT2D eigenvalue weighted by Gasteiger charge is 2.39. The molecule has 1 aromatic rings. The number of carbonyl (C=O) groups excluding carboxylic acids is 1. The summed E-state index contributed by atoms with van der Waals surface area (Å²) in [4.78, 5) is 16.8. The Morgan fingerprint density at radius 3 is 2.62 bits per heavy atom. The third kappa shape index (κ3) is 3.63. The monoisotopic (exact) mass is 289 g/mol. The molecule has 1 aliphatic heterocycles. The predicted molar refractivity (Wildman–Crippen MR) is 86.0 cm³/mol. The Bertz CT molecular complexity index is 487. The standard InChI is InChI=1S/C17H27N3O/c1-5-8-15-17(21)20(12-11-19(3)4)16(18-15)14-10-7-6-9-13(14)2/h6-7,9-10,15-16,18H,5,8,11-12H2,1-4H3. The van der Waals surface area contributed by atoms with Gasteiger partial charge in [-0.15, -0.1) is 0 Å². The second-order valence-electron chi connectivity index (χ2n) is 6.10. The van der Waals surface area contributed by atoms with Gasteiger partial charge in [-0.2, -0.15) is 0 Å². The molecule has 1 heterocycles. The highest BCUT2D eigenvalue weighted by molar-refractivity contribution is 5.84. The Kier molecular flexibility index (Phi) is 5.37. The van der Waals surface area contributed by atoms with Crippen molar-refractivity contribution in [2.24, 2.45) is 0 Å². The molecule has 116 valence electrons. The van der Waals surface area contributed by atoms with Gasteiger partial charge in [-0.3, -0.25) is 10.1 Å². The van der Waals surface area contributed by atoms with E-state index in [9.17, 15) is 4.79 Å². The van der Waals surface area contributed by atoms with Gasteiger partial charge in [0.2, 0.25) is 5.91 Å². The lowest BCUT2D eigenvalue weighted by atomic mass is 10.1. The number of hydrogen-bond acceptors (Lipinski definition) is 3. The summed E-state index contributed by atoms with van der Waals surface area (Å²) in [5.41, 5.74) is 2.44. The number of aryl methyl sites for hydroxylation is 1. The summed E-state index contributed by atoms with van der Waals surface area (Å²) in [6, 6.07) is 8.28. The van der Waals surface area contributed by atoms with Gasteiger partial charge in [0.1, 0.15) is 6.17 Å². The lowest BCUT2D eigenvalue weighted by molar-refractivity contribution is -0.130. The molecule has 4 nitrogen and oxygen atoms in total. The molecule has 2 atom stereocenters. The first-order valence-electron chi connectivity index (χ1n) is 7.81. The summed E-state index contributed by atoms with van der Waals surface area (Å²) >= 11 is 0. The lowest BCUT2D eigenvalue weighted by Gasteiger charge is -2.27. The van der Waals surface area contributed by atoms with Crippen molar-refractivity contribution in [1.82, 2.24) is 15.1 Å². The second-order valence-corrected chi connectivity index (χ2v) is 6.10. The molecule has 1 saturated heterocycles. The van der Waals surface area contributed by atoms with Crippen LogP contribution in [0.3, 0.4) is 0 Å². The highest BCUT2D eigenvalue weighted by Crippen LogP contribution is 2.28. The minimum absolute atomic E-state index is 0.00944. The van der Waals surface area contributed by atoms with E-state index in [0.29, 0.717) is 0 Å². The number of rotatable bonds is 6. The summed E-state index contributed by atoms with van der Waals surface area (Å²) in [5, 5.41) is 3.53. The Morgan fingerprint density at radius 2 is 2.00 bits per heavy atom. The first-order chi connectivity index (χ1) is 10.0. The van der Waals surface area contributed by atoms with Gasteiger partial charge in [0.05, 0.1) is 6.04 Å². The van der Waals surface area contributed by atoms with Crippen LogP contribution in [0, 0.1) is 6.92 Å². The zero-order valence-corrected chi connectivity index (χ0v) is 13.6. The number of nitrogens with zero attached hydrogens (tertiary/aromatic N) is 2. The summed E-state index contributed by atoms with van der Waals surface area (Å²) < 4.78 is 0. The fourth-order valence-corrected chi connectivity index (χ4v) is 2.87. The number of amides is 1. The van der Waals surface area contributed by atoms with Crippen LogP contribution in [0.15, 0.2) is 24.3 Å². The SMILES string of the molecule is CCCC1NC(c2ccccc2C)N(CCN(C)C)C1=O. The maximum absolute atomic E-state index is 12.6. The van der Waals surface area contributed by atoms with Crippen LogP contribution in [0.25, 0.3) is 0 Å². The van der Waals surface area contributed by atoms with Crippen molar-refractivity contribution in [1.29, 1.82) is 0 Å². The Balaban J connectivity index is 2.23. The van der Waals surface area contributed by atoms with Crippen molar-refractivity contribution in [3.05, 3.63) is 35.4 Å². The lowest BCUT2D eigenvalue weighted by Crippen LogP contribution is -2.36. The van der Waals surface area contributed by atoms with Crippen LogP contribution in [0.2, 0.25) is 0 Å². The van der Waals surface area contributed by atoms with Crippen molar-refractivity contribution < 1.29 is 4.79 Å². The van der Waals surface area contributed by atoms with E-state index in [0.717, 1.165) is 25.9 Å². The molecule has 21 heavy (non-hydrogen) atoms. The van der Waals surface area contributed by atoms with E-state index >= 15 is 0 Å². The van der Waals surface area contributed by atoms with Crippen LogP contribution >= 0.6 is 0 Å².